The van der Waals surface area contributed by atoms with Crippen molar-refractivity contribution in [2.24, 2.45) is 0 Å². The zero-order valence-corrected chi connectivity index (χ0v) is 17.1. The molecule has 2 aromatic carbocycles. The van der Waals surface area contributed by atoms with Crippen LogP contribution in [0.3, 0.4) is 0 Å². The Morgan fingerprint density at radius 3 is 2.26 bits per heavy atom. The number of aryl methyl sites for hydroxylation is 3. The summed E-state index contributed by atoms with van der Waals surface area (Å²) in [5.41, 5.74) is 5.23. The molecular weight excluding hydrogens is 338 g/mol. The first-order chi connectivity index (χ1) is 13.0. The van der Waals surface area contributed by atoms with Crippen LogP contribution in [-0.2, 0) is 0 Å². The maximum absolute atomic E-state index is 12.2. The summed E-state index contributed by atoms with van der Waals surface area (Å²) in [4.78, 5) is 14.4. The summed E-state index contributed by atoms with van der Waals surface area (Å²) in [5, 5.41) is 5.75. The van der Waals surface area contributed by atoms with Crippen LogP contribution in [0, 0.1) is 20.8 Å². The van der Waals surface area contributed by atoms with Gasteiger partial charge < -0.3 is 20.3 Å². The van der Waals surface area contributed by atoms with E-state index >= 15 is 0 Å². The van der Waals surface area contributed by atoms with Gasteiger partial charge in [0, 0.05) is 24.5 Å². The second-order valence-corrected chi connectivity index (χ2v) is 6.62. The maximum atomic E-state index is 12.2. The van der Waals surface area contributed by atoms with Gasteiger partial charge in [-0.2, -0.15) is 0 Å². The Labute approximate surface area is 162 Å². The third-order valence-corrected chi connectivity index (χ3v) is 4.63. The second-order valence-electron chi connectivity index (χ2n) is 6.62. The van der Waals surface area contributed by atoms with Gasteiger partial charge in [-0.15, -0.1) is 0 Å². The Morgan fingerprint density at radius 1 is 1.00 bits per heavy atom. The standard InChI is InChI=1S/C22H31N3O2/c1-6-25(7-2)19-11-12-20(18(5)15-19)24-22(26)23-13-14-27-21-16(3)9-8-10-17(21)4/h8-12,15H,6-7,13-14H2,1-5H3,(H2,23,24,26). The highest BCUT2D eigenvalue weighted by molar-refractivity contribution is 5.90. The van der Waals surface area contributed by atoms with Crippen molar-refractivity contribution in [3.63, 3.8) is 0 Å². The summed E-state index contributed by atoms with van der Waals surface area (Å²) in [6.45, 7) is 13.1. The van der Waals surface area contributed by atoms with Gasteiger partial charge in [-0.1, -0.05) is 18.2 Å². The number of carbonyl (C=O) groups is 1. The van der Waals surface area contributed by atoms with E-state index in [2.05, 4.69) is 35.4 Å². The number of para-hydroxylation sites is 1. The Hall–Kier alpha value is -2.69. The maximum Gasteiger partial charge on any atom is 0.319 e. The lowest BCUT2D eigenvalue weighted by Gasteiger charge is -2.22. The van der Waals surface area contributed by atoms with Crippen molar-refractivity contribution in [3.8, 4) is 5.75 Å². The van der Waals surface area contributed by atoms with Gasteiger partial charge >= 0.3 is 6.03 Å². The number of carbonyl (C=O) groups excluding carboxylic acids is 1. The molecule has 0 radical (unpaired) electrons. The molecule has 146 valence electrons. The first-order valence-corrected chi connectivity index (χ1v) is 9.55. The Kier molecular flexibility index (Phi) is 7.53. The predicted octanol–water partition coefficient (Wildman–Crippen LogP) is 4.66. The van der Waals surface area contributed by atoms with Gasteiger partial charge in [-0.05, 0) is 69.5 Å². The largest absolute Gasteiger partial charge is 0.491 e. The highest BCUT2D eigenvalue weighted by Crippen LogP contribution is 2.23. The first-order valence-electron chi connectivity index (χ1n) is 9.55. The van der Waals surface area contributed by atoms with Crippen LogP contribution in [0.25, 0.3) is 0 Å². The van der Waals surface area contributed by atoms with E-state index in [1.165, 1.54) is 5.69 Å². The molecule has 0 bridgehead atoms. The molecule has 0 heterocycles. The van der Waals surface area contributed by atoms with Crippen LogP contribution < -0.4 is 20.3 Å². The average molecular weight is 370 g/mol. The van der Waals surface area contributed by atoms with E-state index in [4.69, 9.17) is 4.74 Å². The number of urea groups is 1. The van der Waals surface area contributed by atoms with Gasteiger partial charge in [-0.3, -0.25) is 0 Å². The van der Waals surface area contributed by atoms with Crippen LogP contribution in [0.1, 0.15) is 30.5 Å². The number of benzene rings is 2. The lowest BCUT2D eigenvalue weighted by atomic mass is 10.1. The summed E-state index contributed by atoms with van der Waals surface area (Å²) in [7, 11) is 0. The number of ether oxygens (including phenoxy) is 1. The molecule has 2 aromatic rings. The van der Waals surface area contributed by atoms with Gasteiger partial charge in [-0.25, -0.2) is 4.79 Å². The number of hydrogen-bond acceptors (Lipinski definition) is 3. The molecule has 5 heteroatoms. The Bertz CT molecular complexity index is 750. The second kappa shape index (κ2) is 9.86. The van der Waals surface area contributed by atoms with E-state index in [1.54, 1.807) is 0 Å². The highest BCUT2D eigenvalue weighted by Gasteiger charge is 2.08. The van der Waals surface area contributed by atoms with Crippen LogP contribution in [0.15, 0.2) is 36.4 Å². The molecule has 0 aliphatic carbocycles. The quantitative estimate of drug-likeness (QED) is 0.666. The molecule has 0 fully saturated rings. The summed E-state index contributed by atoms with van der Waals surface area (Å²) < 4.78 is 5.81. The molecule has 2 rings (SSSR count). The fourth-order valence-corrected chi connectivity index (χ4v) is 3.08. The molecule has 2 N–H and O–H groups in total. The molecule has 5 nitrogen and oxygen atoms in total. The van der Waals surface area contributed by atoms with Crippen molar-refractivity contribution in [3.05, 3.63) is 53.1 Å². The van der Waals surface area contributed by atoms with E-state index in [9.17, 15) is 4.79 Å². The molecule has 2 amide bonds. The average Bonchev–Trinajstić information content (AvgIpc) is 2.64. The molecule has 0 aromatic heterocycles. The smallest absolute Gasteiger partial charge is 0.319 e. The van der Waals surface area contributed by atoms with Crippen molar-refractivity contribution >= 4 is 17.4 Å². The molecule has 0 atom stereocenters. The van der Waals surface area contributed by atoms with Gasteiger partial charge in [0.15, 0.2) is 0 Å². The van der Waals surface area contributed by atoms with E-state index in [0.717, 1.165) is 41.2 Å². The SMILES string of the molecule is CCN(CC)c1ccc(NC(=O)NCCOc2c(C)cccc2C)c(C)c1. The van der Waals surface area contributed by atoms with E-state index in [0.29, 0.717) is 13.2 Å². The van der Waals surface area contributed by atoms with Gasteiger partial charge in [0.2, 0.25) is 0 Å². The number of anilines is 2. The monoisotopic (exact) mass is 369 g/mol. The van der Waals surface area contributed by atoms with E-state index in [1.807, 2.05) is 51.1 Å². The van der Waals surface area contributed by atoms with Crippen molar-refractivity contribution in [1.29, 1.82) is 0 Å². The van der Waals surface area contributed by atoms with Crippen LogP contribution >= 0.6 is 0 Å². The van der Waals surface area contributed by atoms with Gasteiger partial charge in [0.05, 0.1) is 6.54 Å². The molecule has 0 aliphatic rings. The minimum atomic E-state index is -0.223. The number of nitrogens with one attached hydrogen (secondary N) is 2. The van der Waals surface area contributed by atoms with Crippen LogP contribution in [0.2, 0.25) is 0 Å². The number of nitrogens with zero attached hydrogens (tertiary/aromatic N) is 1. The van der Waals surface area contributed by atoms with Crippen LogP contribution in [0.5, 0.6) is 5.75 Å². The fraction of sp³-hybridized carbons (Fsp3) is 0.409. The molecule has 0 spiro atoms. The number of rotatable bonds is 8. The predicted molar refractivity (Wildman–Crippen MR) is 113 cm³/mol. The highest BCUT2D eigenvalue weighted by atomic mass is 16.5. The minimum Gasteiger partial charge on any atom is -0.491 e. The molecule has 0 unspecified atom stereocenters. The zero-order valence-electron chi connectivity index (χ0n) is 17.1. The Balaban J connectivity index is 1.83. The summed E-state index contributed by atoms with van der Waals surface area (Å²) in [5.74, 6) is 0.891. The Morgan fingerprint density at radius 2 is 1.67 bits per heavy atom. The summed E-state index contributed by atoms with van der Waals surface area (Å²) in [6.07, 6.45) is 0. The van der Waals surface area contributed by atoms with Crippen LogP contribution in [-0.4, -0.2) is 32.3 Å². The van der Waals surface area contributed by atoms with Gasteiger partial charge in [0.1, 0.15) is 12.4 Å². The fourth-order valence-electron chi connectivity index (χ4n) is 3.08. The molecule has 27 heavy (non-hydrogen) atoms. The molecule has 0 aliphatic heterocycles. The lowest BCUT2D eigenvalue weighted by Crippen LogP contribution is -2.32. The van der Waals surface area contributed by atoms with E-state index in [-0.39, 0.29) is 6.03 Å². The van der Waals surface area contributed by atoms with Crippen LogP contribution in [0.4, 0.5) is 16.2 Å². The summed E-state index contributed by atoms with van der Waals surface area (Å²) in [6, 6.07) is 11.9. The van der Waals surface area contributed by atoms with Crippen molar-refractivity contribution in [1.82, 2.24) is 5.32 Å². The van der Waals surface area contributed by atoms with Crippen molar-refractivity contribution < 1.29 is 9.53 Å². The third kappa shape index (κ3) is 5.64. The number of amides is 2. The topological polar surface area (TPSA) is 53.6 Å². The minimum absolute atomic E-state index is 0.223. The van der Waals surface area contributed by atoms with Crippen molar-refractivity contribution in [2.75, 3.05) is 36.5 Å². The molecular formula is C22H31N3O2. The number of hydrogen-bond donors (Lipinski definition) is 2. The zero-order chi connectivity index (χ0) is 19.8. The van der Waals surface area contributed by atoms with Crippen molar-refractivity contribution in [2.45, 2.75) is 34.6 Å². The van der Waals surface area contributed by atoms with Gasteiger partial charge in [0.25, 0.3) is 0 Å². The molecule has 0 saturated heterocycles. The summed E-state index contributed by atoms with van der Waals surface area (Å²) >= 11 is 0. The lowest BCUT2D eigenvalue weighted by molar-refractivity contribution is 0.247. The third-order valence-electron chi connectivity index (χ3n) is 4.63. The molecule has 0 saturated carbocycles. The normalized spacial score (nSPS) is 10.4. The first kappa shape index (κ1) is 20.6. The van der Waals surface area contributed by atoms with E-state index < -0.39 is 0 Å².